The van der Waals surface area contributed by atoms with E-state index in [1.165, 1.54) is 50.9 Å². The largest absolute Gasteiger partial charge is 0.370 e. The molecular formula is C20H29N3O2. The van der Waals surface area contributed by atoms with E-state index < -0.39 is 0 Å². The van der Waals surface area contributed by atoms with Crippen LogP contribution in [0.2, 0.25) is 0 Å². The number of hydrogen-bond donors (Lipinski definition) is 2. The fraction of sp³-hybridized carbons (Fsp3) is 0.600. The summed E-state index contributed by atoms with van der Waals surface area (Å²) in [5.41, 5.74) is 7.69. The fourth-order valence-electron chi connectivity index (χ4n) is 3.77. The molecule has 0 unspecified atom stereocenters. The van der Waals surface area contributed by atoms with E-state index in [1.54, 1.807) is 0 Å². The highest BCUT2D eigenvalue weighted by molar-refractivity contribution is 5.90. The summed E-state index contributed by atoms with van der Waals surface area (Å²) >= 11 is 0. The Kier molecular flexibility index (Phi) is 5.74. The van der Waals surface area contributed by atoms with Crippen LogP contribution in [0.3, 0.4) is 0 Å². The summed E-state index contributed by atoms with van der Waals surface area (Å²) in [5.74, 6) is -0.311. The number of likely N-dealkylation sites (tertiary alicyclic amines) is 1. The zero-order valence-electron chi connectivity index (χ0n) is 14.9. The molecule has 0 spiro atoms. The minimum absolute atomic E-state index is 0.00424. The SMILES string of the molecule is NC(=O)CCCCC(=O)Nc1ccc(C2(CN3CCCC3)CC2)cc1. The zero-order chi connectivity index (χ0) is 17.7. The van der Waals surface area contributed by atoms with Crippen LogP contribution in [-0.2, 0) is 15.0 Å². The van der Waals surface area contributed by atoms with Gasteiger partial charge < -0.3 is 16.0 Å². The van der Waals surface area contributed by atoms with E-state index in [4.69, 9.17) is 5.73 Å². The topological polar surface area (TPSA) is 75.4 Å². The Morgan fingerprint density at radius 1 is 1.04 bits per heavy atom. The molecule has 0 aromatic heterocycles. The number of primary amides is 1. The molecule has 0 bridgehead atoms. The number of rotatable bonds is 9. The number of carbonyl (C=O) groups is 2. The number of amides is 2. The minimum Gasteiger partial charge on any atom is -0.370 e. The lowest BCUT2D eigenvalue weighted by atomic mass is 9.95. The molecule has 5 heteroatoms. The molecule has 25 heavy (non-hydrogen) atoms. The average molecular weight is 343 g/mol. The van der Waals surface area contributed by atoms with Gasteiger partial charge in [-0.1, -0.05) is 12.1 Å². The lowest BCUT2D eigenvalue weighted by molar-refractivity contribution is -0.119. The Bertz CT molecular complexity index is 602. The highest BCUT2D eigenvalue weighted by Crippen LogP contribution is 2.49. The minimum atomic E-state index is -0.307. The van der Waals surface area contributed by atoms with E-state index in [-0.39, 0.29) is 11.8 Å². The van der Waals surface area contributed by atoms with Gasteiger partial charge in [-0.2, -0.15) is 0 Å². The summed E-state index contributed by atoms with van der Waals surface area (Å²) in [7, 11) is 0. The number of hydrogen-bond acceptors (Lipinski definition) is 3. The van der Waals surface area contributed by atoms with E-state index in [2.05, 4.69) is 22.3 Å². The third-order valence-corrected chi connectivity index (χ3v) is 5.44. The van der Waals surface area contributed by atoms with Crippen molar-refractivity contribution in [1.29, 1.82) is 0 Å². The van der Waals surface area contributed by atoms with Crippen molar-refractivity contribution < 1.29 is 9.59 Å². The maximum Gasteiger partial charge on any atom is 0.224 e. The summed E-state index contributed by atoms with van der Waals surface area (Å²) in [6, 6.07) is 8.37. The van der Waals surface area contributed by atoms with Gasteiger partial charge in [-0.25, -0.2) is 0 Å². The van der Waals surface area contributed by atoms with Gasteiger partial charge in [-0.05, 0) is 69.3 Å². The normalized spacial score (nSPS) is 18.9. The highest BCUT2D eigenvalue weighted by atomic mass is 16.1. The molecule has 2 amide bonds. The molecule has 5 nitrogen and oxygen atoms in total. The molecule has 1 saturated carbocycles. The van der Waals surface area contributed by atoms with Crippen LogP contribution >= 0.6 is 0 Å². The Labute approximate surface area is 150 Å². The molecule has 2 fully saturated rings. The van der Waals surface area contributed by atoms with Gasteiger partial charge in [-0.3, -0.25) is 9.59 Å². The summed E-state index contributed by atoms with van der Waals surface area (Å²) < 4.78 is 0. The molecule has 1 saturated heterocycles. The number of nitrogens with one attached hydrogen (secondary N) is 1. The average Bonchev–Trinajstić information content (AvgIpc) is 3.18. The molecule has 3 N–H and O–H groups in total. The first-order valence-corrected chi connectivity index (χ1v) is 9.48. The lowest BCUT2D eigenvalue weighted by Crippen LogP contribution is -2.30. The van der Waals surface area contributed by atoms with Crippen molar-refractivity contribution >= 4 is 17.5 Å². The standard InChI is InChI=1S/C20H29N3O2/c21-18(24)5-1-2-6-19(25)22-17-9-7-16(8-10-17)20(11-12-20)15-23-13-3-4-14-23/h7-10H,1-6,11-15H2,(H2,21,24)(H,22,25). The van der Waals surface area contributed by atoms with Gasteiger partial charge in [0.1, 0.15) is 0 Å². The van der Waals surface area contributed by atoms with Crippen LogP contribution in [0.5, 0.6) is 0 Å². The van der Waals surface area contributed by atoms with Gasteiger partial charge in [0.25, 0.3) is 0 Å². The van der Waals surface area contributed by atoms with Crippen molar-refractivity contribution in [2.24, 2.45) is 5.73 Å². The van der Waals surface area contributed by atoms with E-state index >= 15 is 0 Å². The van der Waals surface area contributed by atoms with Gasteiger partial charge in [-0.15, -0.1) is 0 Å². The molecule has 1 aromatic carbocycles. The van der Waals surface area contributed by atoms with Crippen LogP contribution in [0, 0.1) is 0 Å². The van der Waals surface area contributed by atoms with Gasteiger partial charge >= 0.3 is 0 Å². The van der Waals surface area contributed by atoms with E-state index in [0.717, 1.165) is 5.69 Å². The van der Waals surface area contributed by atoms with Gasteiger partial charge in [0.2, 0.25) is 11.8 Å². The first-order chi connectivity index (χ1) is 12.1. The predicted octanol–water partition coefficient (Wildman–Crippen LogP) is 2.80. The summed E-state index contributed by atoms with van der Waals surface area (Å²) in [5, 5.41) is 2.94. The number of nitrogens with two attached hydrogens (primary N) is 1. The van der Waals surface area contributed by atoms with Crippen LogP contribution in [0.25, 0.3) is 0 Å². The number of carbonyl (C=O) groups excluding carboxylic acids is 2. The van der Waals surface area contributed by atoms with Crippen molar-refractivity contribution in [3.8, 4) is 0 Å². The predicted molar refractivity (Wildman–Crippen MR) is 99.3 cm³/mol. The van der Waals surface area contributed by atoms with Crippen molar-refractivity contribution in [2.45, 2.75) is 56.8 Å². The number of unbranched alkanes of at least 4 members (excludes halogenated alkanes) is 1. The zero-order valence-corrected chi connectivity index (χ0v) is 14.9. The monoisotopic (exact) mass is 343 g/mol. The molecule has 1 heterocycles. The molecule has 1 aliphatic carbocycles. The summed E-state index contributed by atoms with van der Waals surface area (Å²) in [4.78, 5) is 25.2. The second-order valence-corrected chi connectivity index (χ2v) is 7.56. The molecule has 0 atom stereocenters. The highest BCUT2D eigenvalue weighted by Gasteiger charge is 2.45. The fourth-order valence-corrected chi connectivity index (χ4v) is 3.77. The third kappa shape index (κ3) is 5.05. The third-order valence-electron chi connectivity index (χ3n) is 5.44. The first-order valence-electron chi connectivity index (χ1n) is 9.48. The Morgan fingerprint density at radius 2 is 1.68 bits per heavy atom. The summed E-state index contributed by atoms with van der Waals surface area (Å²) in [6.07, 6.45) is 7.34. The van der Waals surface area contributed by atoms with E-state index in [9.17, 15) is 9.59 Å². The molecular weight excluding hydrogens is 314 g/mol. The Hall–Kier alpha value is -1.88. The number of benzene rings is 1. The Balaban J connectivity index is 1.47. The quantitative estimate of drug-likeness (QED) is 0.677. The maximum absolute atomic E-state index is 11.9. The van der Waals surface area contributed by atoms with Crippen molar-refractivity contribution in [3.05, 3.63) is 29.8 Å². The molecule has 0 radical (unpaired) electrons. The second kappa shape index (κ2) is 8.00. The van der Waals surface area contributed by atoms with E-state index in [1.807, 2.05) is 12.1 Å². The van der Waals surface area contributed by atoms with Gasteiger partial charge in [0, 0.05) is 30.5 Å². The number of anilines is 1. The van der Waals surface area contributed by atoms with Crippen LogP contribution in [0.15, 0.2) is 24.3 Å². The molecule has 2 aliphatic rings. The molecule has 1 aromatic rings. The van der Waals surface area contributed by atoms with Crippen molar-refractivity contribution in [1.82, 2.24) is 4.90 Å². The van der Waals surface area contributed by atoms with E-state index in [0.29, 0.717) is 31.1 Å². The van der Waals surface area contributed by atoms with Gasteiger partial charge in [0.15, 0.2) is 0 Å². The van der Waals surface area contributed by atoms with Gasteiger partial charge in [0.05, 0.1) is 0 Å². The maximum atomic E-state index is 11.9. The molecule has 3 rings (SSSR count). The lowest BCUT2D eigenvalue weighted by Gasteiger charge is -2.23. The van der Waals surface area contributed by atoms with Crippen LogP contribution in [-0.4, -0.2) is 36.3 Å². The number of nitrogens with zero attached hydrogens (tertiary/aromatic N) is 1. The van der Waals surface area contributed by atoms with Crippen molar-refractivity contribution in [2.75, 3.05) is 25.0 Å². The first kappa shape index (κ1) is 17.9. The van der Waals surface area contributed by atoms with Crippen LogP contribution in [0.1, 0.15) is 56.9 Å². The Morgan fingerprint density at radius 3 is 2.28 bits per heavy atom. The van der Waals surface area contributed by atoms with Crippen molar-refractivity contribution in [3.63, 3.8) is 0 Å². The van der Waals surface area contributed by atoms with Crippen LogP contribution < -0.4 is 11.1 Å². The summed E-state index contributed by atoms with van der Waals surface area (Å²) in [6.45, 7) is 3.66. The smallest absolute Gasteiger partial charge is 0.224 e. The van der Waals surface area contributed by atoms with Crippen LogP contribution in [0.4, 0.5) is 5.69 Å². The molecule has 136 valence electrons. The molecule has 1 aliphatic heterocycles. The second-order valence-electron chi connectivity index (χ2n) is 7.56.